The van der Waals surface area contributed by atoms with E-state index in [1.165, 1.54) is 18.5 Å². The summed E-state index contributed by atoms with van der Waals surface area (Å²) in [4.78, 5) is 23.5. The molecule has 12 heteroatoms. The van der Waals surface area contributed by atoms with Gasteiger partial charge in [0, 0.05) is 43.7 Å². The number of hydrogen-bond acceptors (Lipinski definition) is 5. The Morgan fingerprint density at radius 2 is 1.83 bits per heavy atom. The third kappa shape index (κ3) is 5.36. The van der Waals surface area contributed by atoms with Gasteiger partial charge in [-0.25, -0.2) is 9.97 Å². The van der Waals surface area contributed by atoms with E-state index in [0.717, 1.165) is 11.0 Å². The van der Waals surface area contributed by atoms with E-state index < -0.39 is 24.0 Å². The van der Waals surface area contributed by atoms with Gasteiger partial charge in [-0.1, -0.05) is 0 Å². The molecule has 3 rings (SSSR count). The zero-order valence-corrected chi connectivity index (χ0v) is 15.5. The van der Waals surface area contributed by atoms with Gasteiger partial charge in [-0.05, 0) is 30.9 Å². The van der Waals surface area contributed by atoms with Crippen LogP contribution in [0.2, 0.25) is 0 Å². The van der Waals surface area contributed by atoms with Crippen LogP contribution in [0.1, 0.15) is 18.5 Å². The number of rotatable bonds is 4. The zero-order chi connectivity index (χ0) is 21.9. The predicted molar refractivity (Wildman–Crippen MR) is 94.1 cm³/mol. The van der Waals surface area contributed by atoms with Crippen molar-refractivity contribution in [3.05, 3.63) is 36.3 Å². The van der Waals surface area contributed by atoms with Crippen LogP contribution in [0.15, 0.2) is 30.6 Å². The molecule has 0 saturated carbocycles. The summed E-state index contributed by atoms with van der Waals surface area (Å²) in [6.45, 7) is 0.0707. The Kier molecular flexibility index (Phi) is 6.13. The lowest BCUT2D eigenvalue weighted by Gasteiger charge is -2.32. The molecule has 0 bridgehead atoms. The number of aromatic nitrogens is 3. The van der Waals surface area contributed by atoms with Gasteiger partial charge in [0.15, 0.2) is 11.5 Å². The number of nitrogens with one attached hydrogen (secondary N) is 1. The average molecular weight is 433 g/mol. The average Bonchev–Trinajstić information content (AvgIpc) is 2.71. The Balaban J connectivity index is 1.68. The predicted octanol–water partition coefficient (Wildman–Crippen LogP) is 3.77. The summed E-state index contributed by atoms with van der Waals surface area (Å²) in [7, 11) is 0. The lowest BCUT2D eigenvalue weighted by atomic mass is 9.96. The van der Waals surface area contributed by atoms with Crippen molar-refractivity contribution >= 4 is 11.7 Å². The van der Waals surface area contributed by atoms with Crippen LogP contribution in [-0.4, -0.2) is 51.6 Å². The van der Waals surface area contributed by atoms with Crippen molar-refractivity contribution in [3.63, 3.8) is 0 Å². The van der Waals surface area contributed by atoms with Crippen molar-refractivity contribution < 1.29 is 31.1 Å². The number of nitrogens with zero attached hydrogens (tertiary/aromatic N) is 4. The second-order valence-corrected chi connectivity index (χ2v) is 6.82. The third-order valence-corrected chi connectivity index (χ3v) is 4.65. The number of pyridine rings is 1. The Morgan fingerprint density at radius 3 is 2.40 bits per heavy atom. The molecular formula is C18H17F6N5O. The van der Waals surface area contributed by atoms with Crippen LogP contribution in [-0.2, 0) is 11.0 Å². The quantitative estimate of drug-likeness (QED) is 0.744. The van der Waals surface area contributed by atoms with Gasteiger partial charge in [0.1, 0.15) is 5.82 Å². The molecule has 2 aromatic rings. The molecule has 0 radical (unpaired) electrons. The number of hydrogen-bond donors (Lipinski definition) is 1. The number of piperidine rings is 1. The molecular weight excluding hydrogens is 416 g/mol. The lowest BCUT2D eigenvalue weighted by Crippen LogP contribution is -2.46. The van der Waals surface area contributed by atoms with E-state index in [1.54, 1.807) is 6.07 Å². The van der Waals surface area contributed by atoms with Gasteiger partial charge in [-0.15, -0.1) is 0 Å². The molecule has 3 heterocycles. The first-order valence-electron chi connectivity index (χ1n) is 9.00. The fraction of sp³-hybridized carbons (Fsp3) is 0.444. The van der Waals surface area contributed by atoms with Crippen LogP contribution in [0.4, 0.5) is 32.2 Å². The summed E-state index contributed by atoms with van der Waals surface area (Å²) in [5, 5.41) is 2.81. The Bertz CT molecular complexity index is 879. The van der Waals surface area contributed by atoms with Crippen molar-refractivity contribution in [2.45, 2.75) is 25.2 Å². The highest BCUT2D eigenvalue weighted by molar-refractivity contribution is 5.81. The highest BCUT2D eigenvalue weighted by Crippen LogP contribution is 2.31. The molecule has 30 heavy (non-hydrogen) atoms. The largest absolute Gasteiger partial charge is 0.471 e. The van der Waals surface area contributed by atoms with Gasteiger partial charge in [0.25, 0.3) is 0 Å². The van der Waals surface area contributed by atoms with Crippen LogP contribution < -0.4 is 5.32 Å². The van der Waals surface area contributed by atoms with Gasteiger partial charge in [0.2, 0.25) is 0 Å². The molecule has 1 amide bonds. The Morgan fingerprint density at radius 1 is 1.13 bits per heavy atom. The highest BCUT2D eigenvalue weighted by Gasteiger charge is 2.43. The maximum Gasteiger partial charge on any atom is 0.471 e. The topological polar surface area (TPSA) is 71.0 Å². The van der Waals surface area contributed by atoms with Gasteiger partial charge in [0.05, 0.1) is 0 Å². The molecule has 0 spiro atoms. The standard InChI is InChI=1S/C18H17F6N5O/c19-17(20,21)13-8-14(28-15(27-13)12-2-1-5-25-10-12)26-9-11-3-6-29(7-4-11)16(30)18(22,23)24/h1-2,5,8,10-11H,3-4,6-7,9H2,(H,26,27,28). The van der Waals surface area contributed by atoms with Gasteiger partial charge < -0.3 is 10.2 Å². The number of halogens is 6. The van der Waals surface area contributed by atoms with E-state index in [9.17, 15) is 31.1 Å². The van der Waals surface area contributed by atoms with Crippen molar-refractivity contribution in [2.24, 2.45) is 5.92 Å². The summed E-state index contributed by atoms with van der Waals surface area (Å²) in [6, 6.07) is 3.85. The molecule has 162 valence electrons. The second-order valence-electron chi connectivity index (χ2n) is 6.82. The minimum absolute atomic E-state index is 0.0509. The molecule has 6 nitrogen and oxygen atoms in total. The maximum absolute atomic E-state index is 13.2. The van der Waals surface area contributed by atoms with Crippen molar-refractivity contribution in [1.29, 1.82) is 0 Å². The SMILES string of the molecule is O=C(N1CCC(CNc2cc(C(F)(F)F)nc(-c3cccnc3)n2)CC1)C(F)(F)F. The van der Waals surface area contributed by atoms with Gasteiger partial charge >= 0.3 is 18.3 Å². The Hall–Kier alpha value is -2.92. The minimum atomic E-state index is -4.91. The van der Waals surface area contributed by atoms with E-state index in [4.69, 9.17) is 0 Å². The molecule has 0 atom stereocenters. The lowest BCUT2D eigenvalue weighted by molar-refractivity contribution is -0.186. The number of carbonyl (C=O) groups excluding carboxylic acids is 1. The highest BCUT2D eigenvalue weighted by atomic mass is 19.4. The fourth-order valence-corrected chi connectivity index (χ4v) is 3.08. The molecule has 0 unspecified atom stereocenters. The van der Waals surface area contributed by atoms with E-state index in [-0.39, 0.29) is 37.2 Å². The van der Waals surface area contributed by atoms with Crippen molar-refractivity contribution in [3.8, 4) is 11.4 Å². The molecule has 1 fully saturated rings. The molecule has 1 N–H and O–H groups in total. The summed E-state index contributed by atoms with van der Waals surface area (Å²) in [5.74, 6) is -2.19. The summed E-state index contributed by atoms with van der Waals surface area (Å²) < 4.78 is 77.1. The summed E-state index contributed by atoms with van der Waals surface area (Å²) in [5.41, 5.74) is -0.810. The second kappa shape index (κ2) is 8.44. The van der Waals surface area contributed by atoms with E-state index in [1.807, 2.05) is 0 Å². The minimum Gasteiger partial charge on any atom is -0.370 e. The van der Waals surface area contributed by atoms with Crippen LogP contribution >= 0.6 is 0 Å². The molecule has 1 aliphatic rings. The normalized spacial score (nSPS) is 15.9. The monoisotopic (exact) mass is 433 g/mol. The van der Waals surface area contributed by atoms with Crippen LogP contribution in [0.5, 0.6) is 0 Å². The first-order chi connectivity index (χ1) is 14.0. The summed E-state index contributed by atoms with van der Waals surface area (Å²) >= 11 is 0. The summed E-state index contributed by atoms with van der Waals surface area (Å²) in [6.07, 6.45) is -6.20. The molecule has 2 aromatic heterocycles. The molecule has 1 saturated heterocycles. The third-order valence-electron chi connectivity index (χ3n) is 4.65. The van der Waals surface area contributed by atoms with E-state index in [2.05, 4.69) is 20.3 Å². The zero-order valence-electron chi connectivity index (χ0n) is 15.5. The molecule has 0 aliphatic carbocycles. The molecule has 0 aromatic carbocycles. The smallest absolute Gasteiger partial charge is 0.370 e. The maximum atomic E-state index is 13.2. The van der Waals surface area contributed by atoms with Gasteiger partial charge in [-0.2, -0.15) is 26.3 Å². The van der Waals surface area contributed by atoms with Crippen LogP contribution in [0.3, 0.4) is 0 Å². The van der Waals surface area contributed by atoms with Crippen molar-refractivity contribution in [2.75, 3.05) is 25.0 Å². The first-order valence-corrected chi connectivity index (χ1v) is 9.00. The van der Waals surface area contributed by atoms with E-state index >= 15 is 0 Å². The number of amides is 1. The first kappa shape index (κ1) is 21.8. The number of anilines is 1. The van der Waals surface area contributed by atoms with Gasteiger partial charge in [-0.3, -0.25) is 9.78 Å². The van der Waals surface area contributed by atoms with Crippen molar-refractivity contribution in [1.82, 2.24) is 19.9 Å². The van der Waals surface area contributed by atoms with Crippen LogP contribution in [0, 0.1) is 5.92 Å². The number of likely N-dealkylation sites (tertiary alicyclic amines) is 1. The number of alkyl halides is 6. The van der Waals surface area contributed by atoms with Crippen LogP contribution in [0.25, 0.3) is 11.4 Å². The Labute approximate surface area is 167 Å². The fourth-order valence-electron chi connectivity index (χ4n) is 3.08. The number of carbonyl (C=O) groups is 1. The molecule has 1 aliphatic heterocycles. The van der Waals surface area contributed by atoms with E-state index in [0.29, 0.717) is 18.4 Å².